The molecule has 2 aromatic carbocycles. The molecule has 0 aromatic heterocycles. The fourth-order valence-corrected chi connectivity index (χ4v) is 3.78. The molecule has 0 N–H and O–H groups in total. The molecule has 0 heterocycles. The number of rotatable bonds is 5. The number of hydrogen-bond donors (Lipinski definition) is 0. The highest BCUT2D eigenvalue weighted by Gasteiger charge is 2.22. The minimum atomic E-state index is -4.12. The van der Waals surface area contributed by atoms with E-state index in [0.29, 0.717) is 22.0 Å². The van der Waals surface area contributed by atoms with Gasteiger partial charge in [-0.05, 0) is 24.1 Å². The lowest BCUT2D eigenvalue weighted by Gasteiger charge is -2.11. The summed E-state index contributed by atoms with van der Waals surface area (Å²) in [5, 5.41) is 11.2. The number of halogens is 3. The first-order valence-electron chi connectivity index (χ1n) is 6.89. The summed E-state index contributed by atoms with van der Waals surface area (Å²) in [6.07, 6.45) is 0.383. The van der Waals surface area contributed by atoms with E-state index in [1.165, 1.54) is 24.3 Å². The molecule has 2 rings (SSSR count). The second kappa shape index (κ2) is 7.82. The van der Waals surface area contributed by atoms with Crippen LogP contribution >= 0.6 is 38.2 Å². The van der Waals surface area contributed by atoms with Crippen molar-refractivity contribution in [2.75, 3.05) is 0 Å². The van der Waals surface area contributed by atoms with Gasteiger partial charge < -0.3 is 0 Å². The molecule has 0 aliphatic carbocycles. The topological polar surface area (TPSA) is 89.6 Å². The van der Waals surface area contributed by atoms with Crippen LogP contribution in [0, 0.1) is 10.1 Å². The summed E-state index contributed by atoms with van der Waals surface area (Å²) in [7, 11) is 1.41. The molecule has 0 saturated carbocycles. The number of hydrogen-bond acceptors (Lipinski definition) is 5. The molecule has 10 heteroatoms. The average molecular weight is 466 g/mol. The maximum atomic E-state index is 12.0. The van der Waals surface area contributed by atoms with Crippen LogP contribution in [0.15, 0.2) is 50.8 Å². The SMILES string of the molecule is CCC(Cl)=Nc1c(-c2cccc([N+](=O)[O-])c2)cc(Br)cc1S(=O)(=O)Cl. The largest absolute Gasteiger partial charge is 0.270 e. The third-order valence-electron chi connectivity index (χ3n) is 3.20. The quantitative estimate of drug-likeness (QED) is 0.247. The lowest BCUT2D eigenvalue weighted by molar-refractivity contribution is -0.384. The molecular weight excluding hydrogens is 455 g/mol. The lowest BCUT2D eigenvalue weighted by Crippen LogP contribution is -1.96. The van der Waals surface area contributed by atoms with Crippen LogP contribution in [0.2, 0.25) is 0 Å². The van der Waals surface area contributed by atoms with Crippen molar-refractivity contribution in [1.82, 2.24) is 0 Å². The molecule has 0 aliphatic heterocycles. The van der Waals surface area contributed by atoms with E-state index in [4.69, 9.17) is 22.3 Å². The summed E-state index contributed by atoms with van der Waals surface area (Å²) in [5.74, 6) is 0. The Labute approximate surface area is 162 Å². The Kier molecular flexibility index (Phi) is 6.21. The number of benzene rings is 2. The van der Waals surface area contributed by atoms with E-state index in [9.17, 15) is 18.5 Å². The zero-order valence-corrected chi connectivity index (χ0v) is 16.7. The van der Waals surface area contributed by atoms with Gasteiger partial charge in [0.15, 0.2) is 0 Å². The Morgan fingerprint density at radius 2 is 2.00 bits per heavy atom. The van der Waals surface area contributed by atoms with Crippen molar-refractivity contribution in [2.45, 2.75) is 18.2 Å². The van der Waals surface area contributed by atoms with Crippen molar-refractivity contribution in [3.8, 4) is 11.1 Å². The first-order chi connectivity index (χ1) is 11.6. The normalized spacial score (nSPS) is 12.2. The summed E-state index contributed by atoms with van der Waals surface area (Å²) in [6.45, 7) is 1.76. The van der Waals surface area contributed by atoms with E-state index in [1.54, 1.807) is 19.1 Å². The van der Waals surface area contributed by atoms with Crippen LogP contribution in [-0.2, 0) is 9.05 Å². The van der Waals surface area contributed by atoms with Gasteiger partial charge in [0.05, 0.1) is 10.6 Å². The molecule has 0 saturated heterocycles. The highest BCUT2D eigenvalue weighted by molar-refractivity contribution is 9.10. The Balaban J connectivity index is 2.87. The molecule has 0 aliphatic rings. The van der Waals surface area contributed by atoms with Gasteiger partial charge in [0.25, 0.3) is 14.7 Å². The standard InChI is InChI=1S/C15H11BrCl2N2O4S/c1-2-14(17)19-15-12(7-10(16)8-13(15)25(18,23)24)9-4-3-5-11(6-9)20(21)22/h3-8H,2H2,1H3. The van der Waals surface area contributed by atoms with E-state index in [0.717, 1.165) is 0 Å². The van der Waals surface area contributed by atoms with Crippen LogP contribution in [0.1, 0.15) is 13.3 Å². The maximum Gasteiger partial charge on any atom is 0.270 e. The van der Waals surface area contributed by atoms with Crippen molar-refractivity contribution in [3.05, 3.63) is 51.0 Å². The zero-order valence-electron chi connectivity index (χ0n) is 12.7. The van der Waals surface area contributed by atoms with Gasteiger partial charge in [0.2, 0.25) is 0 Å². The Morgan fingerprint density at radius 1 is 1.32 bits per heavy atom. The predicted octanol–water partition coefficient (Wildman–Crippen LogP) is 5.63. The van der Waals surface area contributed by atoms with E-state index in [-0.39, 0.29) is 21.4 Å². The molecule has 0 radical (unpaired) electrons. The van der Waals surface area contributed by atoms with Crippen molar-refractivity contribution >= 4 is 63.8 Å². The Hall–Kier alpha value is -1.48. The van der Waals surface area contributed by atoms with Gasteiger partial charge in [0, 0.05) is 32.9 Å². The van der Waals surface area contributed by atoms with Crippen LogP contribution in [0.25, 0.3) is 11.1 Å². The summed E-state index contributed by atoms with van der Waals surface area (Å²) in [6, 6.07) is 8.68. The Bertz CT molecular complexity index is 977. The van der Waals surface area contributed by atoms with Crippen LogP contribution in [0.4, 0.5) is 11.4 Å². The van der Waals surface area contributed by atoms with E-state index >= 15 is 0 Å². The molecule has 0 fully saturated rings. The number of nitro groups is 1. The van der Waals surface area contributed by atoms with Crippen LogP contribution in [0.5, 0.6) is 0 Å². The van der Waals surface area contributed by atoms with Gasteiger partial charge in [-0.15, -0.1) is 0 Å². The van der Waals surface area contributed by atoms with E-state index in [2.05, 4.69) is 20.9 Å². The van der Waals surface area contributed by atoms with Crippen molar-refractivity contribution in [3.63, 3.8) is 0 Å². The molecule has 6 nitrogen and oxygen atoms in total. The molecule has 0 atom stereocenters. The Morgan fingerprint density at radius 3 is 2.56 bits per heavy atom. The van der Waals surface area contributed by atoms with Crippen molar-refractivity contribution in [2.24, 2.45) is 4.99 Å². The molecule has 2 aromatic rings. The molecular formula is C15H11BrCl2N2O4S. The third kappa shape index (κ3) is 4.78. The summed E-state index contributed by atoms with van der Waals surface area (Å²) >= 11 is 9.22. The summed E-state index contributed by atoms with van der Waals surface area (Å²) < 4.78 is 24.3. The van der Waals surface area contributed by atoms with Crippen molar-refractivity contribution < 1.29 is 13.3 Å². The van der Waals surface area contributed by atoms with Crippen LogP contribution in [-0.4, -0.2) is 18.5 Å². The smallest absolute Gasteiger partial charge is 0.258 e. The average Bonchev–Trinajstić information content (AvgIpc) is 2.55. The summed E-state index contributed by atoms with van der Waals surface area (Å²) in [4.78, 5) is 14.4. The van der Waals surface area contributed by atoms with E-state index in [1.807, 2.05) is 0 Å². The number of aliphatic imine (C=N–C) groups is 1. The zero-order chi connectivity index (χ0) is 18.8. The fourth-order valence-electron chi connectivity index (χ4n) is 2.08. The number of nitrogens with zero attached hydrogens (tertiary/aromatic N) is 2. The van der Waals surface area contributed by atoms with Crippen LogP contribution < -0.4 is 0 Å². The van der Waals surface area contributed by atoms with Gasteiger partial charge >= 0.3 is 0 Å². The van der Waals surface area contributed by atoms with Crippen LogP contribution in [0.3, 0.4) is 0 Å². The van der Waals surface area contributed by atoms with Gasteiger partial charge in [-0.2, -0.15) is 0 Å². The fraction of sp³-hybridized carbons (Fsp3) is 0.133. The first kappa shape index (κ1) is 19.8. The number of non-ortho nitro benzene ring substituents is 1. The summed E-state index contributed by atoms with van der Waals surface area (Å²) in [5.41, 5.74) is 0.662. The van der Waals surface area contributed by atoms with Gasteiger partial charge in [-0.3, -0.25) is 10.1 Å². The van der Waals surface area contributed by atoms with Gasteiger partial charge in [-0.1, -0.05) is 46.6 Å². The molecule has 0 unspecified atom stereocenters. The second-order valence-corrected chi connectivity index (χ2v) is 8.77. The van der Waals surface area contributed by atoms with Gasteiger partial charge in [-0.25, -0.2) is 13.4 Å². The number of nitro benzene ring substituents is 1. The highest BCUT2D eigenvalue weighted by Crippen LogP contribution is 2.41. The molecule has 25 heavy (non-hydrogen) atoms. The minimum Gasteiger partial charge on any atom is -0.258 e. The highest BCUT2D eigenvalue weighted by atomic mass is 79.9. The first-order valence-corrected chi connectivity index (χ1v) is 10.4. The third-order valence-corrected chi connectivity index (χ3v) is 5.34. The van der Waals surface area contributed by atoms with Crippen molar-refractivity contribution in [1.29, 1.82) is 0 Å². The maximum absolute atomic E-state index is 12.0. The second-order valence-electron chi connectivity index (χ2n) is 4.89. The van der Waals surface area contributed by atoms with E-state index < -0.39 is 14.0 Å². The van der Waals surface area contributed by atoms with Gasteiger partial charge in [0.1, 0.15) is 10.1 Å². The monoisotopic (exact) mass is 464 g/mol. The minimum absolute atomic E-state index is 0.0329. The lowest BCUT2D eigenvalue weighted by atomic mass is 10.0. The molecule has 0 amide bonds. The molecule has 132 valence electrons. The predicted molar refractivity (Wildman–Crippen MR) is 103 cm³/mol. The molecule has 0 spiro atoms. The molecule has 0 bridgehead atoms.